The summed E-state index contributed by atoms with van der Waals surface area (Å²) in [5.41, 5.74) is 0.473. The van der Waals surface area contributed by atoms with Crippen LogP contribution in [0, 0.1) is 0 Å². The summed E-state index contributed by atoms with van der Waals surface area (Å²) in [6, 6.07) is 35.2. The molecular formula is C26H23NO2P+. The Morgan fingerprint density at radius 3 is 1.63 bits per heavy atom. The molecule has 0 aliphatic heterocycles. The highest BCUT2D eigenvalue weighted by molar-refractivity contribution is 7.95. The van der Waals surface area contributed by atoms with E-state index in [0.29, 0.717) is 12.2 Å². The van der Waals surface area contributed by atoms with Crippen molar-refractivity contribution < 1.29 is 9.53 Å². The standard InChI is InChI=1S/C26H23NO2P/c28-26(22-11-10-18-27-21-22)29-19-20-30(23-12-4-1-5-13-23,24-14-6-2-7-15-24)25-16-8-3-9-17-25/h1-18,21H,19-20H2/q+1. The Bertz CT molecular complexity index is 974. The lowest BCUT2D eigenvalue weighted by atomic mass is 10.3. The van der Waals surface area contributed by atoms with Gasteiger partial charge in [-0.15, -0.1) is 0 Å². The van der Waals surface area contributed by atoms with Gasteiger partial charge in [0.1, 0.15) is 35.9 Å². The number of nitrogens with zero attached hydrogens (tertiary/aromatic N) is 1. The number of esters is 1. The van der Waals surface area contributed by atoms with Crippen LogP contribution in [-0.2, 0) is 4.74 Å². The molecule has 4 aromatic rings. The predicted octanol–water partition coefficient (Wildman–Crippen LogP) is 4.23. The third kappa shape index (κ3) is 4.17. The van der Waals surface area contributed by atoms with Crippen LogP contribution in [0.3, 0.4) is 0 Å². The fourth-order valence-corrected chi connectivity index (χ4v) is 7.80. The van der Waals surface area contributed by atoms with Gasteiger partial charge in [0, 0.05) is 12.4 Å². The van der Waals surface area contributed by atoms with Gasteiger partial charge in [-0.1, -0.05) is 54.6 Å². The number of hydrogen-bond acceptors (Lipinski definition) is 3. The second-order valence-electron chi connectivity index (χ2n) is 6.92. The molecule has 0 bridgehead atoms. The average Bonchev–Trinajstić information content (AvgIpc) is 2.84. The first kappa shape index (κ1) is 20.0. The number of aromatic nitrogens is 1. The van der Waals surface area contributed by atoms with Gasteiger partial charge in [0.05, 0.1) is 5.56 Å². The zero-order valence-corrected chi connectivity index (χ0v) is 17.5. The number of pyridine rings is 1. The minimum Gasteiger partial charge on any atom is -0.458 e. The summed E-state index contributed by atoms with van der Waals surface area (Å²) in [4.78, 5) is 16.5. The van der Waals surface area contributed by atoms with Crippen molar-refractivity contribution in [3.63, 3.8) is 0 Å². The van der Waals surface area contributed by atoms with Crippen molar-refractivity contribution in [3.8, 4) is 0 Å². The summed E-state index contributed by atoms with van der Waals surface area (Å²) in [5.74, 6) is -0.338. The second-order valence-corrected chi connectivity index (χ2v) is 10.5. The van der Waals surface area contributed by atoms with E-state index in [1.165, 1.54) is 22.1 Å². The molecule has 0 aliphatic carbocycles. The maximum Gasteiger partial charge on any atom is 0.339 e. The molecule has 0 radical (unpaired) electrons. The van der Waals surface area contributed by atoms with Gasteiger partial charge in [0.15, 0.2) is 0 Å². The molecule has 0 atom stereocenters. The van der Waals surface area contributed by atoms with E-state index in [2.05, 4.69) is 77.8 Å². The normalized spacial score (nSPS) is 11.1. The maximum atomic E-state index is 12.5. The van der Waals surface area contributed by atoms with Crippen molar-refractivity contribution in [3.05, 3.63) is 121 Å². The van der Waals surface area contributed by atoms with E-state index in [4.69, 9.17) is 4.74 Å². The van der Waals surface area contributed by atoms with Crippen LogP contribution in [0.4, 0.5) is 0 Å². The first-order chi connectivity index (χ1) is 14.8. The SMILES string of the molecule is O=C(OCC[P+](c1ccccc1)(c1ccccc1)c1ccccc1)c1cccnc1. The van der Waals surface area contributed by atoms with Crippen molar-refractivity contribution >= 4 is 29.1 Å². The molecule has 3 aromatic carbocycles. The predicted molar refractivity (Wildman–Crippen MR) is 125 cm³/mol. The third-order valence-corrected chi connectivity index (χ3v) is 9.54. The van der Waals surface area contributed by atoms with E-state index >= 15 is 0 Å². The van der Waals surface area contributed by atoms with Gasteiger partial charge in [-0.25, -0.2) is 4.79 Å². The Hall–Kier alpha value is -3.29. The third-order valence-electron chi connectivity index (χ3n) is 5.15. The summed E-state index contributed by atoms with van der Waals surface area (Å²) < 4.78 is 5.70. The Labute approximate surface area is 177 Å². The second kappa shape index (κ2) is 9.47. The Morgan fingerprint density at radius 2 is 1.20 bits per heavy atom. The molecule has 0 saturated heterocycles. The molecule has 148 valence electrons. The molecule has 0 fully saturated rings. The Morgan fingerprint density at radius 1 is 0.700 bits per heavy atom. The zero-order valence-electron chi connectivity index (χ0n) is 16.6. The van der Waals surface area contributed by atoms with E-state index in [1.807, 2.05) is 18.2 Å². The Kier molecular flexibility index (Phi) is 6.32. The lowest BCUT2D eigenvalue weighted by Crippen LogP contribution is -2.35. The lowest BCUT2D eigenvalue weighted by Gasteiger charge is -2.27. The van der Waals surface area contributed by atoms with Gasteiger partial charge in [0.25, 0.3) is 0 Å². The summed E-state index contributed by atoms with van der Waals surface area (Å²) >= 11 is 0. The van der Waals surface area contributed by atoms with Crippen LogP contribution < -0.4 is 15.9 Å². The van der Waals surface area contributed by atoms with E-state index in [1.54, 1.807) is 18.3 Å². The van der Waals surface area contributed by atoms with Crippen LogP contribution in [0.1, 0.15) is 10.4 Å². The van der Waals surface area contributed by atoms with E-state index < -0.39 is 7.26 Å². The van der Waals surface area contributed by atoms with Crippen molar-refractivity contribution in [1.82, 2.24) is 4.98 Å². The number of carbonyl (C=O) groups excluding carboxylic acids is 1. The monoisotopic (exact) mass is 412 g/mol. The van der Waals surface area contributed by atoms with Crippen LogP contribution >= 0.6 is 7.26 Å². The molecule has 3 nitrogen and oxygen atoms in total. The highest BCUT2D eigenvalue weighted by Gasteiger charge is 2.45. The van der Waals surface area contributed by atoms with Crippen LogP contribution in [0.2, 0.25) is 0 Å². The highest BCUT2D eigenvalue weighted by atomic mass is 31.2. The molecule has 4 rings (SSSR count). The fourth-order valence-electron chi connectivity index (χ4n) is 3.72. The zero-order chi connectivity index (χ0) is 20.7. The topological polar surface area (TPSA) is 39.2 Å². The summed E-state index contributed by atoms with van der Waals surface area (Å²) in [5, 5.41) is 3.83. The van der Waals surface area contributed by atoms with Crippen LogP contribution in [0.15, 0.2) is 116 Å². The first-order valence-corrected chi connectivity index (χ1v) is 11.9. The number of ether oxygens (including phenoxy) is 1. The summed E-state index contributed by atoms with van der Waals surface area (Å²) in [7, 11) is -1.99. The molecule has 1 heterocycles. The van der Waals surface area contributed by atoms with Gasteiger partial charge < -0.3 is 4.74 Å². The molecule has 0 saturated carbocycles. The van der Waals surface area contributed by atoms with Crippen molar-refractivity contribution in [2.45, 2.75) is 0 Å². The maximum absolute atomic E-state index is 12.5. The molecule has 0 N–H and O–H groups in total. The smallest absolute Gasteiger partial charge is 0.339 e. The van der Waals surface area contributed by atoms with Crippen LogP contribution in [0.25, 0.3) is 0 Å². The summed E-state index contributed by atoms with van der Waals surface area (Å²) in [6.45, 7) is 0.334. The molecule has 30 heavy (non-hydrogen) atoms. The quantitative estimate of drug-likeness (QED) is 0.337. The van der Waals surface area contributed by atoms with Gasteiger partial charge >= 0.3 is 5.97 Å². The van der Waals surface area contributed by atoms with E-state index in [9.17, 15) is 4.79 Å². The number of benzene rings is 3. The molecule has 4 heteroatoms. The molecule has 0 aliphatic rings. The molecular weight excluding hydrogens is 389 g/mol. The Balaban J connectivity index is 1.72. The van der Waals surface area contributed by atoms with Crippen molar-refractivity contribution in [1.29, 1.82) is 0 Å². The van der Waals surface area contributed by atoms with Crippen LogP contribution in [0.5, 0.6) is 0 Å². The highest BCUT2D eigenvalue weighted by Crippen LogP contribution is 2.54. The molecule has 0 unspecified atom stereocenters. The average molecular weight is 412 g/mol. The number of carbonyl (C=O) groups is 1. The summed E-state index contributed by atoms with van der Waals surface area (Å²) in [6.07, 6.45) is 3.92. The molecule has 1 aromatic heterocycles. The number of rotatable bonds is 7. The fraction of sp³-hybridized carbons (Fsp3) is 0.0769. The minimum absolute atomic E-state index is 0.334. The molecule has 0 spiro atoms. The van der Waals surface area contributed by atoms with Crippen molar-refractivity contribution in [2.24, 2.45) is 0 Å². The van der Waals surface area contributed by atoms with E-state index in [-0.39, 0.29) is 5.97 Å². The lowest BCUT2D eigenvalue weighted by molar-refractivity contribution is 0.0529. The van der Waals surface area contributed by atoms with Gasteiger partial charge in [-0.05, 0) is 48.5 Å². The number of hydrogen-bond donors (Lipinski definition) is 0. The van der Waals surface area contributed by atoms with Crippen LogP contribution in [-0.4, -0.2) is 23.7 Å². The van der Waals surface area contributed by atoms with E-state index in [0.717, 1.165) is 6.16 Å². The minimum atomic E-state index is -1.99. The van der Waals surface area contributed by atoms with Crippen molar-refractivity contribution in [2.75, 3.05) is 12.8 Å². The van der Waals surface area contributed by atoms with Gasteiger partial charge in [-0.2, -0.15) is 0 Å². The first-order valence-electron chi connectivity index (χ1n) is 9.93. The van der Waals surface area contributed by atoms with Gasteiger partial charge in [-0.3, -0.25) is 4.98 Å². The molecule has 0 amide bonds. The largest absolute Gasteiger partial charge is 0.458 e. The van der Waals surface area contributed by atoms with Gasteiger partial charge in [0.2, 0.25) is 0 Å².